The van der Waals surface area contributed by atoms with Gasteiger partial charge in [-0.1, -0.05) is 13.8 Å². The molecule has 0 aromatic heterocycles. The summed E-state index contributed by atoms with van der Waals surface area (Å²) in [5, 5.41) is 3.54. The third kappa shape index (κ3) is 3.92. The Labute approximate surface area is 112 Å². The van der Waals surface area contributed by atoms with E-state index in [1.165, 1.54) is 19.4 Å². The van der Waals surface area contributed by atoms with Crippen molar-refractivity contribution in [2.45, 2.75) is 38.8 Å². The molecule has 2 heterocycles. The fraction of sp³-hybridized carbons (Fsp3) is 1.00. The summed E-state index contributed by atoms with van der Waals surface area (Å²) in [4.78, 5) is 5.06. The summed E-state index contributed by atoms with van der Waals surface area (Å²) in [5.74, 6) is 0. The molecule has 2 fully saturated rings. The molecule has 2 rings (SSSR count). The van der Waals surface area contributed by atoms with Gasteiger partial charge in [0.25, 0.3) is 0 Å². The van der Waals surface area contributed by atoms with Crippen molar-refractivity contribution in [3.63, 3.8) is 0 Å². The Hall–Kier alpha value is -0.160. The Kier molecular flexibility index (Phi) is 5.89. The number of hydrogen-bond acceptors (Lipinski definition) is 4. The lowest BCUT2D eigenvalue weighted by molar-refractivity contribution is -0.0469. The van der Waals surface area contributed by atoms with Gasteiger partial charge >= 0.3 is 0 Å². The molecule has 18 heavy (non-hydrogen) atoms. The summed E-state index contributed by atoms with van der Waals surface area (Å²) in [6.45, 7) is 13.3. The Morgan fingerprint density at radius 2 is 2.17 bits per heavy atom. The molecule has 0 aromatic rings. The number of hydrogen-bond donors (Lipinski definition) is 1. The Balaban J connectivity index is 1.57. The Morgan fingerprint density at radius 3 is 2.94 bits per heavy atom. The monoisotopic (exact) mass is 255 g/mol. The van der Waals surface area contributed by atoms with E-state index in [0.717, 1.165) is 51.9 Å². The lowest BCUT2D eigenvalue weighted by atomic mass is 10.2. The van der Waals surface area contributed by atoms with E-state index in [2.05, 4.69) is 29.0 Å². The van der Waals surface area contributed by atoms with Crippen LogP contribution >= 0.6 is 0 Å². The van der Waals surface area contributed by atoms with Crippen molar-refractivity contribution in [1.29, 1.82) is 0 Å². The second-order valence-electron chi connectivity index (χ2n) is 5.48. The third-order valence-electron chi connectivity index (χ3n) is 4.33. The zero-order valence-electron chi connectivity index (χ0n) is 12.0. The molecule has 0 saturated carbocycles. The highest BCUT2D eigenvalue weighted by atomic mass is 16.5. The highest BCUT2D eigenvalue weighted by Gasteiger charge is 2.31. The van der Waals surface area contributed by atoms with E-state index in [9.17, 15) is 0 Å². The normalized spacial score (nSPS) is 28.8. The SMILES string of the molecule is CCN(CC)CCNCC1CN2CCCC2CO1. The van der Waals surface area contributed by atoms with Gasteiger partial charge < -0.3 is 15.0 Å². The minimum absolute atomic E-state index is 0.399. The van der Waals surface area contributed by atoms with Gasteiger partial charge in [0.15, 0.2) is 0 Å². The van der Waals surface area contributed by atoms with Crippen molar-refractivity contribution in [1.82, 2.24) is 15.1 Å². The van der Waals surface area contributed by atoms with Gasteiger partial charge in [0.2, 0.25) is 0 Å². The number of rotatable bonds is 7. The summed E-state index contributed by atoms with van der Waals surface area (Å²) >= 11 is 0. The number of ether oxygens (including phenoxy) is 1. The predicted molar refractivity (Wildman–Crippen MR) is 75.0 cm³/mol. The maximum absolute atomic E-state index is 5.93. The van der Waals surface area contributed by atoms with Gasteiger partial charge in [0.1, 0.15) is 0 Å². The van der Waals surface area contributed by atoms with E-state index < -0.39 is 0 Å². The predicted octanol–water partition coefficient (Wildman–Crippen LogP) is 0.781. The molecule has 2 saturated heterocycles. The molecule has 0 spiro atoms. The first-order valence-corrected chi connectivity index (χ1v) is 7.62. The molecule has 4 heteroatoms. The number of fused-ring (bicyclic) bond motifs is 1. The molecule has 106 valence electrons. The molecule has 0 aromatic carbocycles. The minimum Gasteiger partial charge on any atom is -0.374 e. The van der Waals surface area contributed by atoms with Crippen LogP contribution in [0.3, 0.4) is 0 Å². The standard InChI is InChI=1S/C14H29N3O/c1-3-16(4-2)9-7-15-10-14-11-17-8-5-6-13(17)12-18-14/h13-15H,3-12H2,1-2H3. The van der Waals surface area contributed by atoms with Crippen LogP contribution in [0.2, 0.25) is 0 Å². The molecule has 2 aliphatic heterocycles. The lowest BCUT2D eigenvalue weighted by Crippen LogP contribution is -2.49. The van der Waals surface area contributed by atoms with E-state index in [1.54, 1.807) is 0 Å². The van der Waals surface area contributed by atoms with Crippen LogP contribution in [0.5, 0.6) is 0 Å². The first-order valence-electron chi connectivity index (χ1n) is 7.62. The van der Waals surface area contributed by atoms with Crippen molar-refractivity contribution in [3.8, 4) is 0 Å². The molecule has 0 radical (unpaired) electrons. The fourth-order valence-electron chi connectivity index (χ4n) is 3.05. The molecule has 4 nitrogen and oxygen atoms in total. The molecule has 1 N–H and O–H groups in total. The van der Waals surface area contributed by atoms with Crippen LogP contribution in [0.4, 0.5) is 0 Å². The van der Waals surface area contributed by atoms with Crippen molar-refractivity contribution >= 4 is 0 Å². The number of nitrogens with one attached hydrogen (secondary N) is 1. The highest BCUT2D eigenvalue weighted by Crippen LogP contribution is 2.22. The second-order valence-corrected chi connectivity index (χ2v) is 5.48. The van der Waals surface area contributed by atoms with E-state index >= 15 is 0 Å². The Morgan fingerprint density at radius 1 is 1.33 bits per heavy atom. The van der Waals surface area contributed by atoms with E-state index in [-0.39, 0.29) is 0 Å². The van der Waals surface area contributed by atoms with Crippen molar-refractivity contribution in [2.75, 3.05) is 52.4 Å². The maximum atomic E-state index is 5.93. The van der Waals surface area contributed by atoms with E-state index in [1.807, 2.05) is 0 Å². The van der Waals surface area contributed by atoms with Crippen LogP contribution in [-0.2, 0) is 4.74 Å². The van der Waals surface area contributed by atoms with Crippen LogP contribution in [0.15, 0.2) is 0 Å². The molecule has 2 aliphatic rings. The van der Waals surface area contributed by atoms with Crippen LogP contribution in [0, 0.1) is 0 Å². The summed E-state index contributed by atoms with van der Waals surface area (Å²) < 4.78 is 5.93. The van der Waals surface area contributed by atoms with E-state index in [0.29, 0.717) is 6.10 Å². The van der Waals surface area contributed by atoms with Gasteiger partial charge in [-0.25, -0.2) is 0 Å². The van der Waals surface area contributed by atoms with Gasteiger partial charge in [0, 0.05) is 32.2 Å². The molecular formula is C14H29N3O. The largest absolute Gasteiger partial charge is 0.374 e. The third-order valence-corrected chi connectivity index (χ3v) is 4.33. The maximum Gasteiger partial charge on any atom is 0.0827 e. The second kappa shape index (κ2) is 7.43. The molecule has 0 aliphatic carbocycles. The summed E-state index contributed by atoms with van der Waals surface area (Å²) in [5.41, 5.74) is 0. The average Bonchev–Trinajstić information content (AvgIpc) is 2.86. The minimum atomic E-state index is 0.399. The molecule has 0 amide bonds. The van der Waals surface area contributed by atoms with Crippen molar-refractivity contribution in [2.24, 2.45) is 0 Å². The van der Waals surface area contributed by atoms with Crippen LogP contribution < -0.4 is 5.32 Å². The average molecular weight is 255 g/mol. The quantitative estimate of drug-likeness (QED) is 0.681. The Bertz CT molecular complexity index is 233. The number of nitrogens with zero attached hydrogens (tertiary/aromatic N) is 2. The topological polar surface area (TPSA) is 27.7 Å². The van der Waals surface area contributed by atoms with Gasteiger partial charge in [-0.05, 0) is 32.5 Å². The van der Waals surface area contributed by atoms with Gasteiger partial charge in [-0.2, -0.15) is 0 Å². The summed E-state index contributed by atoms with van der Waals surface area (Å²) in [6.07, 6.45) is 3.09. The number of likely N-dealkylation sites (N-methyl/N-ethyl adjacent to an activating group) is 1. The van der Waals surface area contributed by atoms with E-state index in [4.69, 9.17) is 4.74 Å². The zero-order valence-corrected chi connectivity index (χ0v) is 12.0. The van der Waals surface area contributed by atoms with Gasteiger partial charge in [0.05, 0.1) is 12.7 Å². The van der Waals surface area contributed by atoms with Gasteiger partial charge in [-0.3, -0.25) is 4.90 Å². The molecule has 2 unspecified atom stereocenters. The van der Waals surface area contributed by atoms with Crippen LogP contribution in [0.25, 0.3) is 0 Å². The fourth-order valence-corrected chi connectivity index (χ4v) is 3.05. The van der Waals surface area contributed by atoms with Crippen molar-refractivity contribution < 1.29 is 4.74 Å². The lowest BCUT2D eigenvalue weighted by Gasteiger charge is -2.35. The zero-order chi connectivity index (χ0) is 12.8. The van der Waals surface area contributed by atoms with Gasteiger partial charge in [-0.15, -0.1) is 0 Å². The van der Waals surface area contributed by atoms with Crippen LogP contribution in [0.1, 0.15) is 26.7 Å². The molecule has 2 atom stereocenters. The van der Waals surface area contributed by atoms with Crippen LogP contribution in [-0.4, -0.2) is 74.4 Å². The molecular weight excluding hydrogens is 226 g/mol. The summed E-state index contributed by atoms with van der Waals surface area (Å²) in [7, 11) is 0. The highest BCUT2D eigenvalue weighted by molar-refractivity contribution is 4.85. The number of morpholine rings is 1. The summed E-state index contributed by atoms with van der Waals surface area (Å²) in [6, 6.07) is 0.719. The first-order chi connectivity index (χ1) is 8.83. The first kappa shape index (κ1) is 14.3. The van der Waals surface area contributed by atoms with Crippen molar-refractivity contribution in [3.05, 3.63) is 0 Å². The smallest absolute Gasteiger partial charge is 0.0827 e. The molecule has 0 bridgehead atoms.